The van der Waals surface area contributed by atoms with Gasteiger partial charge in [0.1, 0.15) is 0 Å². The fraction of sp³-hybridized carbons (Fsp3) is 0.562. The average Bonchev–Trinajstić information content (AvgIpc) is 2.95. The summed E-state index contributed by atoms with van der Waals surface area (Å²) in [6.45, 7) is 4.55. The summed E-state index contributed by atoms with van der Waals surface area (Å²) in [5.74, 6) is -0.345. The van der Waals surface area contributed by atoms with E-state index in [1.165, 1.54) is 4.31 Å². The molecule has 0 spiro atoms. The van der Waals surface area contributed by atoms with Gasteiger partial charge < -0.3 is 10.1 Å². The molecular formula is C16H24N2O4S. The first-order valence-electron chi connectivity index (χ1n) is 7.70. The van der Waals surface area contributed by atoms with Crippen molar-refractivity contribution in [2.45, 2.75) is 32.8 Å². The first-order chi connectivity index (χ1) is 10.8. The van der Waals surface area contributed by atoms with Gasteiger partial charge in [-0.1, -0.05) is 12.1 Å². The molecule has 1 fully saturated rings. The fourth-order valence-corrected chi connectivity index (χ4v) is 3.36. The summed E-state index contributed by atoms with van der Waals surface area (Å²) in [6.07, 6.45) is 2.74. The van der Waals surface area contributed by atoms with E-state index in [0.717, 1.165) is 30.2 Å². The molecule has 128 valence electrons. The third-order valence-corrected chi connectivity index (χ3v) is 5.32. The van der Waals surface area contributed by atoms with Crippen molar-refractivity contribution in [1.29, 1.82) is 0 Å². The molecule has 1 aromatic carbocycles. The first kappa shape index (κ1) is 17.9. The van der Waals surface area contributed by atoms with Crippen molar-refractivity contribution in [1.82, 2.24) is 4.31 Å². The van der Waals surface area contributed by atoms with Crippen molar-refractivity contribution in [3.63, 3.8) is 0 Å². The molecule has 0 radical (unpaired) electrons. The maximum Gasteiger partial charge on any atom is 0.239 e. The molecule has 7 heteroatoms. The van der Waals surface area contributed by atoms with E-state index in [4.69, 9.17) is 4.74 Å². The van der Waals surface area contributed by atoms with Gasteiger partial charge in [0.2, 0.25) is 15.9 Å². The number of amides is 1. The van der Waals surface area contributed by atoms with E-state index in [0.29, 0.717) is 12.3 Å². The van der Waals surface area contributed by atoms with Gasteiger partial charge in [-0.2, -0.15) is 4.31 Å². The van der Waals surface area contributed by atoms with Crippen molar-refractivity contribution >= 4 is 21.6 Å². The van der Waals surface area contributed by atoms with Gasteiger partial charge in [-0.15, -0.1) is 0 Å². The van der Waals surface area contributed by atoms with E-state index in [9.17, 15) is 13.2 Å². The van der Waals surface area contributed by atoms with E-state index in [2.05, 4.69) is 5.32 Å². The molecule has 0 unspecified atom stereocenters. The highest BCUT2D eigenvalue weighted by Crippen LogP contribution is 2.18. The minimum absolute atomic E-state index is 0.127. The van der Waals surface area contributed by atoms with Gasteiger partial charge >= 0.3 is 0 Å². The number of carbonyl (C=O) groups is 1. The molecule has 1 aromatic rings. The van der Waals surface area contributed by atoms with Crippen molar-refractivity contribution in [2.75, 3.05) is 31.3 Å². The zero-order valence-electron chi connectivity index (χ0n) is 13.8. The van der Waals surface area contributed by atoms with Crippen LogP contribution in [0.5, 0.6) is 0 Å². The van der Waals surface area contributed by atoms with Crippen LogP contribution in [-0.2, 0) is 19.6 Å². The molecule has 0 bridgehead atoms. The molecule has 1 aliphatic heterocycles. The molecule has 1 amide bonds. The van der Waals surface area contributed by atoms with Crippen LogP contribution >= 0.6 is 0 Å². The van der Waals surface area contributed by atoms with Crippen LogP contribution < -0.4 is 5.32 Å². The molecule has 2 rings (SSSR count). The normalized spacial score (nSPS) is 18.3. The van der Waals surface area contributed by atoms with Crippen LogP contribution in [-0.4, -0.2) is 50.7 Å². The average molecular weight is 340 g/mol. The van der Waals surface area contributed by atoms with E-state index < -0.39 is 10.0 Å². The number of nitrogens with zero attached hydrogens (tertiary/aromatic N) is 1. The van der Waals surface area contributed by atoms with Crippen molar-refractivity contribution in [3.8, 4) is 0 Å². The van der Waals surface area contributed by atoms with Gasteiger partial charge in [0.05, 0.1) is 18.9 Å². The van der Waals surface area contributed by atoms with Crippen LogP contribution in [0.1, 0.15) is 24.0 Å². The molecular weight excluding hydrogens is 316 g/mol. The number of sulfonamides is 1. The second-order valence-corrected chi connectivity index (χ2v) is 7.97. The van der Waals surface area contributed by atoms with Crippen LogP contribution in [0.25, 0.3) is 0 Å². The minimum atomic E-state index is -3.47. The smallest absolute Gasteiger partial charge is 0.239 e. The third-order valence-electron chi connectivity index (χ3n) is 4.10. The predicted octanol–water partition coefficient (Wildman–Crippen LogP) is 1.68. The third kappa shape index (κ3) is 5.02. The lowest BCUT2D eigenvalue weighted by molar-refractivity contribution is -0.116. The molecule has 23 heavy (non-hydrogen) atoms. The van der Waals surface area contributed by atoms with E-state index in [1.54, 1.807) is 0 Å². The van der Waals surface area contributed by atoms with Crippen molar-refractivity contribution in [2.24, 2.45) is 0 Å². The summed E-state index contributed by atoms with van der Waals surface area (Å²) in [6, 6.07) is 5.63. The molecule has 0 aliphatic carbocycles. The molecule has 1 N–H and O–H groups in total. The molecule has 1 heterocycles. The van der Waals surface area contributed by atoms with Gasteiger partial charge in [0, 0.05) is 18.8 Å². The number of carbonyl (C=O) groups excluding carboxylic acids is 1. The lowest BCUT2D eigenvalue weighted by Gasteiger charge is -2.22. The summed E-state index contributed by atoms with van der Waals surface area (Å²) >= 11 is 0. The fourth-order valence-electron chi connectivity index (χ4n) is 2.57. The largest absolute Gasteiger partial charge is 0.377 e. The number of anilines is 1. The Labute approximate surface area is 137 Å². The van der Waals surface area contributed by atoms with Crippen LogP contribution in [0.3, 0.4) is 0 Å². The summed E-state index contributed by atoms with van der Waals surface area (Å²) in [7, 11) is -3.47. The minimum Gasteiger partial charge on any atom is -0.377 e. The predicted molar refractivity (Wildman–Crippen MR) is 89.9 cm³/mol. The molecule has 0 aromatic heterocycles. The quantitative estimate of drug-likeness (QED) is 0.855. The SMILES string of the molecule is Cc1cccc(NC(=O)CN(C[C@H]2CCCO2)S(C)(=O)=O)c1C. The molecule has 0 saturated carbocycles. The Morgan fingerprint density at radius 1 is 1.39 bits per heavy atom. The Morgan fingerprint density at radius 2 is 2.13 bits per heavy atom. The molecule has 1 aliphatic rings. The molecule has 6 nitrogen and oxygen atoms in total. The van der Waals surface area contributed by atoms with E-state index >= 15 is 0 Å². The van der Waals surface area contributed by atoms with Gasteiger partial charge in [-0.3, -0.25) is 4.79 Å². The number of aryl methyl sites for hydroxylation is 1. The highest BCUT2D eigenvalue weighted by Gasteiger charge is 2.26. The zero-order valence-corrected chi connectivity index (χ0v) is 14.6. The number of ether oxygens (including phenoxy) is 1. The number of rotatable bonds is 6. The maximum atomic E-state index is 12.2. The second-order valence-electron chi connectivity index (χ2n) is 5.99. The van der Waals surface area contributed by atoms with Crippen LogP contribution in [0.4, 0.5) is 5.69 Å². The van der Waals surface area contributed by atoms with Gasteiger partial charge in [0.25, 0.3) is 0 Å². The number of nitrogens with one attached hydrogen (secondary N) is 1. The van der Waals surface area contributed by atoms with Gasteiger partial charge in [-0.25, -0.2) is 8.42 Å². The second kappa shape index (κ2) is 7.42. The Balaban J connectivity index is 2.03. The van der Waals surface area contributed by atoms with Crippen LogP contribution in [0, 0.1) is 13.8 Å². The summed E-state index contributed by atoms with van der Waals surface area (Å²) in [5.41, 5.74) is 2.76. The summed E-state index contributed by atoms with van der Waals surface area (Å²) < 4.78 is 30.5. The highest BCUT2D eigenvalue weighted by molar-refractivity contribution is 7.88. The van der Waals surface area contributed by atoms with E-state index in [-0.39, 0.29) is 25.1 Å². The molecule has 1 saturated heterocycles. The standard InChI is InChI=1S/C16H24N2O4S/c1-12-6-4-8-15(13(12)2)17-16(19)11-18(23(3,20)21)10-14-7-5-9-22-14/h4,6,8,14H,5,7,9-11H2,1-3H3,(H,17,19)/t14-/m1/s1. The summed E-state index contributed by atoms with van der Waals surface area (Å²) in [4.78, 5) is 12.2. The van der Waals surface area contributed by atoms with E-state index in [1.807, 2.05) is 32.0 Å². The highest BCUT2D eigenvalue weighted by atomic mass is 32.2. The van der Waals surface area contributed by atoms with Gasteiger partial charge in [0.15, 0.2) is 0 Å². The van der Waals surface area contributed by atoms with Crippen LogP contribution in [0.15, 0.2) is 18.2 Å². The zero-order chi connectivity index (χ0) is 17.0. The van der Waals surface area contributed by atoms with Gasteiger partial charge in [-0.05, 0) is 43.9 Å². The Morgan fingerprint density at radius 3 is 2.74 bits per heavy atom. The first-order valence-corrected chi connectivity index (χ1v) is 9.55. The Bertz CT molecular complexity index is 667. The van der Waals surface area contributed by atoms with Crippen LogP contribution in [0.2, 0.25) is 0 Å². The molecule has 1 atom stereocenters. The Kier molecular flexibility index (Phi) is 5.78. The monoisotopic (exact) mass is 340 g/mol. The summed E-state index contributed by atoms with van der Waals surface area (Å²) in [5, 5.41) is 2.79. The lowest BCUT2D eigenvalue weighted by atomic mass is 10.1. The Hall–Kier alpha value is -1.44. The number of benzene rings is 1. The number of hydrogen-bond donors (Lipinski definition) is 1. The number of hydrogen-bond acceptors (Lipinski definition) is 4. The topological polar surface area (TPSA) is 75.7 Å². The maximum absolute atomic E-state index is 12.2. The van der Waals surface area contributed by atoms with Crippen molar-refractivity contribution < 1.29 is 17.9 Å². The van der Waals surface area contributed by atoms with Crippen molar-refractivity contribution in [3.05, 3.63) is 29.3 Å². The lowest BCUT2D eigenvalue weighted by Crippen LogP contribution is -2.41.